The van der Waals surface area contributed by atoms with Crippen LogP contribution in [-0.4, -0.2) is 47.7 Å². The van der Waals surface area contributed by atoms with Gasteiger partial charge in [-0.25, -0.2) is 4.98 Å². The van der Waals surface area contributed by atoms with Crippen LogP contribution in [0, 0.1) is 0 Å². The first-order chi connectivity index (χ1) is 18.0. The summed E-state index contributed by atoms with van der Waals surface area (Å²) in [6.07, 6.45) is -0.477. The van der Waals surface area contributed by atoms with Crippen LogP contribution in [0.25, 0.3) is 16.6 Å². The molecule has 0 fully saturated rings. The second kappa shape index (κ2) is 10.3. The number of carbonyl (C=O) groups is 1. The van der Waals surface area contributed by atoms with Crippen molar-refractivity contribution in [2.75, 3.05) is 25.7 Å². The van der Waals surface area contributed by atoms with Crippen molar-refractivity contribution in [2.45, 2.75) is 18.7 Å². The molecule has 2 heterocycles. The summed E-state index contributed by atoms with van der Waals surface area (Å²) in [4.78, 5) is 23.5. The molecule has 0 radical (unpaired) electrons. The maximum atomic E-state index is 13.8. The number of nitrogens with one attached hydrogen (secondary N) is 2. The first kappa shape index (κ1) is 24.4. The van der Waals surface area contributed by atoms with Crippen molar-refractivity contribution in [3.8, 4) is 11.5 Å². The Bertz CT molecular complexity index is 1390. The largest absolute Gasteiger partial charge is 0.497 e. The van der Waals surface area contributed by atoms with Crippen molar-refractivity contribution in [2.24, 2.45) is 5.73 Å². The Morgan fingerprint density at radius 3 is 2.41 bits per heavy atom. The number of ketones is 1. The van der Waals surface area contributed by atoms with Gasteiger partial charge in [0, 0.05) is 24.7 Å². The van der Waals surface area contributed by atoms with Gasteiger partial charge in [-0.1, -0.05) is 42.5 Å². The van der Waals surface area contributed by atoms with E-state index in [1.807, 2.05) is 66.7 Å². The zero-order valence-corrected chi connectivity index (χ0v) is 20.6. The van der Waals surface area contributed by atoms with Crippen molar-refractivity contribution in [3.05, 3.63) is 90.0 Å². The van der Waals surface area contributed by atoms with Gasteiger partial charge >= 0.3 is 0 Å². The van der Waals surface area contributed by atoms with Gasteiger partial charge in [-0.3, -0.25) is 10.1 Å². The highest BCUT2D eigenvalue weighted by atomic mass is 16.5. The van der Waals surface area contributed by atoms with Crippen LogP contribution < -0.4 is 25.4 Å². The highest BCUT2D eigenvalue weighted by Crippen LogP contribution is 2.38. The molecule has 5 rings (SSSR count). The number of benzene rings is 3. The third-order valence-electron chi connectivity index (χ3n) is 6.49. The number of carbonyl (C=O) groups excluding carboxylic acids is 1. The molecule has 1 aromatic heterocycles. The molecule has 0 saturated heterocycles. The molecule has 3 aromatic carbocycles. The first-order valence-corrected chi connectivity index (χ1v) is 12.0. The maximum absolute atomic E-state index is 13.8. The number of nitrogens with zero attached hydrogens (tertiary/aromatic N) is 2. The zero-order valence-electron chi connectivity index (χ0n) is 20.6. The highest BCUT2D eigenvalue weighted by Gasteiger charge is 2.41. The molecule has 0 aliphatic carbocycles. The van der Waals surface area contributed by atoms with E-state index in [-0.39, 0.29) is 11.6 Å². The van der Waals surface area contributed by atoms with Crippen molar-refractivity contribution in [1.82, 2.24) is 15.3 Å². The van der Waals surface area contributed by atoms with Crippen molar-refractivity contribution < 1.29 is 19.4 Å². The lowest BCUT2D eigenvalue weighted by molar-refractivity contribution is -0.114. The number of fused-ring (bicyclic) bond motifs is 1. The molecule has 190 valence electrons. The highest BCUT2D eigenvalue weighted by molar-refractivity contribution is 6.27. The molecular weight excluding hydrogens is 470 g/mol. The molecule has 37 heavy (non-hydrogen) atoms. The third-order valence-corrected chi connectivity index (χ3v) is 6.49. The van der Waals surface area contributed by atoms with Crippen LogP contribution in [0.3, 0.4) is 0 Å². The minimum Gasteiger partial charge on any atom is -0.497 e. The predicted molar refractivity (Wildman–Crippen MR) is 142 cm³/mol. The Morgan fingerprint density at radius 1 is 1.05 bits per heavy atom. The minimum atomic E-state index is -0.858. The van der Waals surface area contributed by atoms with E-state index in [9.17, 15) is 9.90 Å². The molecule has 1 aliphatic heterocycles. The van der Waals surface area contributed by atoms with Crippen LogP contribution in [0.1, 0.15) is 24.0 Å². The number of para-hydroxylation sites is 2. The SMILES string of the molecule is COc1cc(OC)cc(N2C(N)=C(c3nc4ccccc4[nH]3)C(=O)C2CCNC(O)c2ccccc2)c1. The van der Waals surface area contributed by atoms with Gasteiger partial charge in [0.1, 0.15) is 41.0 Å². The van der Waals surface area contributed by atoms with Crippen LogP contribution in [-0.2, 0) is 4.79 Å². The number of nitrogens with two attached hydrogens (primary N) is 1. The summed E-state index contributed by atoms with van der Waals surface area (Å²) in [5, 5.41) is 13.6. The average molecular weight is 500 g/mol. The lowest BCUT2D eigenvalue weighted by Gasteiger charge is -2.28. The quantitative estimate of drug-likeness (QED) is 0.259. The van der Waals surface area contributed by atoms with Gasteiger partial charge in [0.2, 0.25) is 0 Å². The number of aromatic nitrogens is 2. The molecule has 1 aliphatic rings. The number of imidazole rings is 1. The molecule has 5 N–H and O–H groups in total. The number of methoxy groups -OCH3 is 2. The summed E-state index contributed by atoms with van der Waals surface area (Å²) in [5.41, 5.74) is 9.96. The maximum Gasteiger partial charge on any atom is 0.193 e. The normalized spacial score (nSPS) is 16.5. The van der Waals surface area contributed by atoms with Crippen molar-refractivity contribution >= 4 is 28.1 Å². The smallest absolute Gasteiger partial charge is 0.193 e. The van der Waals surface area contributed by atoms with Gasteiger partial charge in [0.05, 0.1) is 30.9 Å². The molecule has 9 heteroatoms. The van der Waals surface area contributed by atoms with Gasteiger partial charge < -0.3 is 30.2 Å². The summed E-state index contributed by atoms with van der Waals surface area (Å²) >= 11 is 0. The summed E-state index contributed by atoms with van der Waals surface area (Å²) < 4.78 is 10.9. The van der Waals surface area contributed by atoms with E-state index in [4.69, 9.17) is 15.2 Å². The Kier molecular flexibility index (Phi) is 6.80. The van der Waals surface area contributed by atoms with Gasteiger partial charge in [-0.05, 0) is 24.1 Å². The second-order valence-corrected chi connectivity index (χ2v) is 8.74. The molecule has 0 bridgehead atoms. The topological polar surface area (TPSA) is 126 Å². The Labute approximate surface area is 214 Å². The van der Waals surface area contributed by atoms with Crippen LogP contribution in [0.15, 0.2) is 78.6 Å². The number of anilines is 1. The van der Waals surface area contributed by atoms with E-state index in [0.717, 1.165) is 16.6 Å². The monoisotopic (exact) mass is 499 g/mol. The van der Waals surface area contributed by atoms with Crippen molar-refractivity contribution in [1.29, 1.82) is 0 Å². The molecule has 2 unspecified atom stereocenters. The van der Waals surface area contributed by atoms with E-state index in [1.165, 1.54) is 0 Å². The molecule has 4 aromatic rings. The fraction of sp³-hybridized carbons (Fsp3) is 0.214. The van der Waals surface area contributed by atoms with Gasteiger partial charge in [0.15, 0.2) is 5.78 Å². The number of aliphatic hydroxyl groups is 1. The van der Waals surface area contributed by atoms with E-state index < -0.39 is 12.3 Å². The van der Waals surface area contributed by atoms with Crippen LogP contribution >= 0.6 is 0 Å². The summed E-state index contributed by atoms with van der Waals surface area (Å²) in [5.74, 6) is 1.69. The number of Topliss-reactive ketones (excluding diaryl/α,β-unsaturated/α-hetero) is 1. The molecular formula is C28H29N5O4. The van der Waals surface area contributed by atoms with Crippen LogP contribution in [0.2, 0.25) is 0 Å². The number of aliphatic hydroxyl groups excluding tert-OH is 1. The van der Waals surface area contributed by atoms with Crippen molar-refractivity contribution in [3.63, 3.8) is 0 Å². The van der Waals surface area contributed by atoms with Crippen LogP contribution in [0.4, 0.5) is 5.69 Å². The Balaban J connectivity index is 1.49. The fourth-order valence-electron chi connectivity index (χ4n) is 4.63. The number of ether oxygens (including phenoxy) is 2. The van der Waals surface area contributed by atoms with E-state index in [2.05, 4.69) is 15.3 Å². The number of aromatic amines is 1. The second-order valence-electron chi connectivity index (χ2n) is 8.74. The molecule has 9 nitrogen and oxygen atoms in total. The standard InChI is InChI=1S/C28H29N5O4/c1-36-19-14-18(15-20(16-19)37-2)33-23(12-13-30-28(35)17-8-4-3-5-9-17)25(34)24(26(33)29)27-31-21-10-6-7-11-22(21)32-27/h3-11,14-16,23,28,30,35H,12-13,29H2,1-2H3,(H,31,32). The molecule has 0 amide bonds. The van der Waals surface area contributed by atoms with E-state index >= 15 is 0 Å². The number of hydrogen-bond acceptors (Lipinski definition) is 8. The Hall–Kier alpha value is -4.34. The van der Waals surface area contributed by atoms with E-state index in [0.29, 0.717) is 41.5 Å². The molecule has 0 spiro atoms. The molecule has 0 saturated carbocycles. The third kappa shape index (κ3) is 4.74. The van der Waals surface area contributed by atoms with Gasteiger partial charge in [-0.15, -0.1) is 0 Å². The van der Waals surface area contributed by atoms with Gasteiger partial charge in [-0.2, -0.15) is 0 Å². The minimum absolute atomic E-state index is 0.158. The average Bonchev–Trinajstić information content (AvgIpc) is 3.46. The summed E-state index contributed by atoms with van der Waals surface area (Å²) in [6, 6.07) is 21.6. The Morgan fingerprint density at radius 2 is 1.73 bits per heavy atom. The van der Waals surface area contributed by atoms with E-state index in [1.54, 1.807) is 25.2 Å². The number of rotatable bonds is 9. The lowest BCUT2D eigenvalue weighted by Crippen LogP contribution is -2.39. The predicted octanol–water partition coefficient (Wildman–Crippen LogP) is 3.34. The first-order valence-electron chi connectivity index (χ1n) is 12.0. The zero-order chi connectivity index (χ0) is 25.9. The fourth-order valence-corrected chi connectivity index (χ4v) is 4.63. The van der Waals surface area contributed by atoms with Gasteiger partial charge in [0.25, 0.3) is 0 Å². The molecule has 2 atom stereocenters. The number of H-pyrrole nitrogens is 1. The number of hydrogen-bond donors (Lipinski definition) is 4. The lowest BCUT2D eigenvalue weighted by atomic mass is 10.0. The van der Waals surface area contributed by atoms with Crippen LogP contribution in [0.5, 0.6) is 11.5 Å². The summed E-state index contributed by atoms with van der Waals surface area (Å²) in [6.45, 7) is 0.366. The summed E-state index contributed by atoms with van der Waals surface area (Å²) in [7, 11) is 3.14.